The molecule has 0 aliphatic rings. The normalized spacial score (nSPS) is 12.8. The van der Waals surface area contributed by atoms with Crippen LogP contribution in [0.15, 0.2) is 109 Å². The van der Waals surface area contributed by atoms with Gasteiger partial charge < -0.3 is 14.2 Å². The summed E-state index contributed by atoms with van der Waals surface area (Å²) in [4.78, 5) is 38.4. The van der Waals surface area contributed by atoms with Gasteiger partial charge in [-0.2, -0.15) is 0 Å². The standard InChI is InChI=1S/C75H128O6/c1-4-7-10-13-16-19-22-25-28-31-34-35-36-37-38-39-40-41-42-45-47-50-53-56-59-62-65-68-74(77)80-71-72(81-75(78)69-66-63-60-57-54-51-48-44-33-30-27-24-21-18-15-12-9-6-3)70-79-73(76)67-64-61-58-55-52-49-46-43-32-29-26-23-20-17-14-11-8-5-2/h7,10,16,19,25,28-30,32-35,37-38,40-41,45,47,72H,4-6,8-9,11-15,17-18,20-24,26-27,31,36,39,42-44,46,48-71H2,1-3H3/b10-7-,19-16-,28-25-,32-29-,33-30-,35-34-,38-37-,41-40-,47-45-. The Kier molecular flexibility index (Phi) is 65.2. The Balaban J connectivity index is 4.42. The van der Waals surface area contributed by atoms with E-state index in [1.54, 1.807) is 0 Å². The molecule has 0 heterocycles. The second kappa shape index (κ2) is 68.6. The van der Waals surface area contributed by atoms with Crippen LogP contribution in [0.5, 0.6) is 0 Å². The Morgan fingerprint density at radius 1 is 0.259 bits per heavy atom. The van der Waals surface area contributed by atoms with Crippen molar-refractivity contribution < 1.29 is 28.6 Å². The summed E-state index contributed by atoms with van der Waals surface area (Å²) in [5.74, 6) is -0.904. The van der Waals surface area contributed by atoms with E-state index in [4.69, 9.17) is 14.2 Å². The Morgan fingerprint density at radius 2 is 0.481 bits per heavy atom. The second-order valence-corrected chi connectivity index (χ2v) is 22.7. The minimum Gasteiger partial charge on any atom is -0.462 e. The topological polar surface area (TPSA) is 78.9 Å². The molecule has 81 heavy (non-hydrogen) atoms. The minimum absolute atomic E-state index is 0.0878. The highest BCUT2D eigenvalue weighted by atomic mass is 16.6. The maximum Gasteiger partial charge on any atom is 0.306 e. The van der Waals surface area contributed by atoms with Crippen molar-refractivity contribution in [3.8, 4) is 0 Å². The molecule has 0 saturated carbocycles. The summed E-state index contributed by atoms with van der Waals surface area (Å²) in [6.45, 7) is 6.53. The number of hydrogen-bond donors (Lipinski definition) is 0. The molecule has 0 aromatic rings. The van der Waals surface area contributed by atoms with E-state index in [0.29, 0.717) is 19.3 Å². The molecular formula is C75H128O6. The van der Waals surface area contributed by atoms with Crippen LogP contribution < -0.4 is 0 Å². The van der Waals surface area contributed by atoms with E-state index in [2.05, 4.69) is 130 Å². The van der Waals surface area contributed by atoms with E-state index in [1.165, 1.54) is 167 Å². The van der Waals surface area contributed by atoms with E-state index < -0.39 is 6.10 Å². The molecule has 0 rings (SSSR count). The Hall–Kier alpha value is -3.93. The number of carbonyl (C=O) groups is 3. The van der Waals surface area contributed by atoms with Crippen LogP contribution in [0.1, 0.15) is 329 Å². The fourth-order valence-corrected chi connectivity index (χ4v) is 9.59. The van der Waals surface area contributed by atoms with Crippen molar-refractivity contribution in [3.05, 3.63) is 109 Å². The van der Waals surface area contributed by atoms with Gasteiger partial charge >= 0.3 is 17.9 Å². The highest BCUT2D eigenvalue weighted by Crippen LogP contribution is 2.16. The molecule has 6 nitrogen and oxygen atoms in total. The molecule has 6 heteroatoms. The van der Waals surface area contributed by atoms with Crippen molar-refractivity contribution in [2.75, 3.05) is 13.2 Å². The monoisotopic (exact) mass is 1120 g/mol. The first-order chi connectivity index (χ1) is 40.0. The van der Waals surface area contributed by atoms with Crippen LogP contribution in [-0.2, 0) is 28.6 Å². The summed E-state index contributed by atoms with van der Waals surface area (Å²) >= 11 is 0. The maximum absolute atomic E-state index is 12.9. The molecule has 0 aromatic carbocycles. The van der Waals surface area contributed by atoms with Crippen LogP contribution >= 0.6 is 0 Å². The van der Waals surface area contributed by atoms with E-state index in [0.717, 1.165) is 122 Å². The van der Waals surface area contributed by atoms with Gasteiger partial charge in [0, 0.05) is 19.3 Å². The van der Waals surface area contributed by atoms with Crippen LogP contribution in [0.2, 0.25) is 0 Å². The van der Waals surface area contributed by atoms with E-state index >= 15 is 0 Å². The molecule has 1 atom stereocenters. The molecule has 0 aromatic heterocycles. The van der Waals surface area contributed by atoms with Gasteiger partial charge in [0.1, 0.15) is 13.2 Å². The average Bonchev–Trinajstić information content (AvgIpc) is 3.47. The highest BCUT2D eigenvalue weighted by Gasteiger charge is 2.19. The third kappa shape index (κ3) is 66.8. The molecule has 0 N–H and O–H groups in total. The number of unbranched alkanes of at least 4 members (excludes halogenated alkanes) is 33. The van der Waals surface area contributed by atoms with Crippen molar-refractivity contribution in [2.45, 2.75) is 335 Å². The van der Waals surface area contributed by atoms with Gasteiger partial charge in [-0.05, 0) is 128 Å². The molecule has 0 spiro atoms. The SMILES string of the molecule is CC/C=C\C/C=C\C/C=C\C/C=C\C/C=C\C/C=C\C/C=C\CCCCCCCC(=O)OCC(COC(=O)CCCCCCCCC/C=C\CCCCCCCCC)OC(=O)CCCCCCCCC/C=C\CCCCCCCCC. The van der Waals surface area contributed by atoms with Crippen molar-refractivity contribution in [3.63, 3.8) is 0 Å². The lowest BCUT2D eigenvalue weighted by Gasteiger charge is -2.18. The van der Waals surface area contributed by atoms with Crippen molar-refractivity contribution in [1.82, 2.24) is 0 Å². The number of ether oxygens (including phenoxy) is 3. The second-order valence-electron chi connectivity index (χ2n) is 22.7. The summed E-state index contributed by atoms with van der Waals surface area (Å²) in [5, 5.41) is 0. The first-order valence-corrected chi connectivity index (χ1v) is 34.4. The van der Waals surface area contributed by atoms with Gasteiger partial charge in [-0.15, -0.1) is 0 Å². The number of rotatable bonds is 62. The Morgan fingerprint density at radius 3 is 0.765 bits per heavy atom. The van der Waals surface area contributed by atoms with E-state index in [-0.39, 0.29) is 31.1 Å². The first-order valence-electron chi connectivity index (χ1n) is 34.4. The predicted molar refractivity (Wildman–Crippen MR) is 353 cm³/mol. The number of esters is 3. The van der Waals surface area contributed by atoms with Crippen molar-refractivity contribution in [1.29, 1.82) is 0 Å². The third-order valence-electron chi connectivity index (χ3n) is 14.7. The smallest absolute Gasteiger partial charge is 0.306 e. The predicted octanol–water partition coefficient (Wildman–Crippen LogP) is 23.8. The van der Waals surface area contributed by atoms with Crippen LogP contribution in [0, 0.1) is 0 Å². The Bertz CT molecular complexity index is 1620. The molecule has 0 saturated heterocycles. The van der Waals surface area contributed by atoms with Crippen LogP contribution in [0.3, 0.4) is 0 Å². The van der Waals surface area contributed by atoms with Gasteiger partial charge in [-0.25, -0.2) is 0 Å². The fraction of sp³-hybridized carbons (Fsp3) is 0.720. The molecular weight excluding hydrogens is 997 g/mol. The average molecular weight is 1130 g/mol. The lowest BCUT2D eigenvalue weighted by atomic mass is 10.1. The molecule has 0 aliphatic heterocycles. The molecule has 0 fully saturated rings. The summed E-state index contributed by atoms with van der Waals surface area (Å²) in [7, 11) is 0. The zero-order chi connectivity index (χ0) is 58.5. The summed E-state index contributed by atoms with van der Waals surface area (Å²) in [5.41, 5.74) is 0. The van der Waals surface area contributed by atoms with Crippen LogP contribution in [-0.4, -0.2) is 37.2 Å². The third-order valence-corrected chi connectivity index (χ3v) is 14.7. The summed E-state index contributed by atoms with van der Waals surface area (Å²) < 4.78 is 17.0. The van der Waals surface area contributed by atoms with Crippen molar-refractivity contribution >= 4 is 17.9 Å². The number of carbonyl (C=O) groups excluding carboxylic acids is 3. The molecule has 464 valence electrons. The molecule has 0 bridgehead atoms. The molecule has 1 unspecified atom stereocenters. The van der Waals surface area contributed by atoms with Gasteiger partial charge in [-0.1, -0.05) is 291 Å². The largest absolute Gasteiger partial charge is 0.462 e. The lowest BCUT2D eigenvalue weighted by molar-refractivity contribution is -0.167. The maximum atomic E-state index is 12.9. The van der Waals surface area contributed by atoms with E-state index in [1.807, 2.05) is 0 Å². The summed E-state index contributed by atoms with van der Waals surface area (Å²) in [6.07, 6.45) is 93.8. The van der Waals surface area contributed by atoms with Gasteiger partial charge in [0.2, 0.25) is 0 Å². The van der Waals surface area contributed by atoms with Crippen LogP contribution in [0.25, 0.3) is 0 Å². The Labute approximate surface area is 501 Å². The minimum atomic E-state index is -0.794. The van der Waals surface area contributed by atoms with Crippen molar-refractivity contribution in [2.24, 2.45) is 0 Å². The zero-order valence-electron chi connectivity index (χ0n) is 53.3. The fourth-order valence-electron chi connectivity index (χ4n) is 9.59. The number of allylic oxidation sites excluding steroid dienone is 18. The quantitative estimate of drug-likeness (QED) is 0.0261. The van der Waals surface area contributed by atoms with Gasteiger partial charge in [0.25, 0.3) is 0 Å². The summed E-state index contributed by atoms with van der Waals surface area (Å²) in [6, 6.07) is 0. The zero-order valence-corrected chi connectivity index (χ0v) is 53.3. The van der Waals surface area contributed by atoms with Gasteiger partial charge in [0.15, 0.2) is 6.10 Å². The number of hydrogen-bond acceptors (Lipinski definition) is 6. The van der Waals surface area contributed by atoms with Gasteiger partial charge in [0.05, 0.1) is 0 Å². The van der Waals surface area contributed by atoms with Gasteiger partial charge in [-0.3, -0.25) is 14.4 Å². The van der Waals surface area contributed by atoms with E-state index in [9.17, 15) is 14.4 Å². The molecule has 0 radical (unpaired) electrons. The van der Waals surface area contributed by atoms with Crippen LogP contribution in [0.4, 0.5) is 0 Å². The molecule has 0 amide bonds. The lowest BCUT2D eigenvalue weighted by Crippen LogP contribution is -2.30. The highest BCUT2D eigenvalue weighted by molar-refractivity contribution is 5.71. The first kappa shape index (κ1) is 77.1. The molecule has 0 aliphatic carbocycles.